The van der Waals surface area contributed by atoms with Crippen LogP contribution in [-0.4, -0.2) is 40.2 Å². The summed E-state index contributed by atoms with van der Waals surface area (Å²) < 4.78 is 4.81. The molecule has 108 valence electrons. The first-order chi connectivity index (χ1) is 9.60. The lowest BCUT2D eigenvalue weighted by Gasteiger charge is -2.30. The zero-order valence-corrected chi connectivity index (χ0v) is 11.8. The number of halogens is 1. The second-order valence-corrected chi connectivity index (χ2v) is 5.15. The number of nitrogens with zero attached hydrogens (tertiary/aromatic N) is 1. The lowest BCUT2D eigenvalue weighted by Crippen LogP contribution is -2.57. The Labute approximate surface area is 122 Å². The first-order valence-electron chi connectivity index (χ1n) is 6.47. The molecule has 1 fully saturated rings. The topological polar surface area (TPSA) is 63.6 Å². The van der Waals surface area contributed by atoms with Gasteiger partial charge < -0.3 is 9.84 Å². The zero-order chi connectivity index (χ0) is 14.6. The van der Waals surface area contributed by atoms with Gasteiger partial charge in [0, 0.05) is 12.8 Å². The minimum atomic E-state index is -1.07. The van der Waals surface area contributed by atoms with Crippen LogP contribution < -0.4 is 0 Å². The summed E-state index contributed by atoms with van der Waals surface area (Å²) in [6.45, 7) is 0.516. The lowest BCUT2D eigenvalue weighted by atomic mass is 10.2. The number of carboxylic acid groups (broad SMARTS) is 1. The van der Waals surface area contributed by atoms with Crippen molar-refractivity contribution in [2.45, 2.75) is 25.5 Å². The van der Waals surface area contributed by atoms with E-state index in [0.29, 0.717) is 19.4 Å². The Hall–Kier alpha value is -1.59. The fourth-order valence-corrected chi connectivity index (χ4v) is 2.93. The average molecular weight is 299 g/mol. The normalized spacial score (nSPS) is 25.4. The van der Waals surface area contributed by atoms with E-state index >= 15 is 0 Å². The highest BCUT2D eigenvalue weighted by atomic mass is 35.5. The van der Waals surface area contributed by atoms with Gasteiger partial charge in [0.25, 0.3) is 0 Å². The molecule has 0 spiro atoms. The number of quaternary nitrogens is 1. The molecular formula is C14H17ClNO4+. The predicted octanol–water partition coefficient (Wildman–Crippen LogP) is 2.58. The summed E-state index contributed by atoms with van der Waals surface area (Å²) in [6, 6.07) is 8.45. The second-order valence-electron chi connectivity index (χ2n) is 4.91. The monoisotopic (exact) mass is 298 g/mol. The minimum absolute atomic E-state index is 0.125. The number of rotatable bonds is 4. The Morgan fingerprint density at radius 3 is 2.65 bits per heavy atom. The molecule has 1 aliphatic rings. The lowest BCUT2D eigenvalue weighted by molar-refractivity contribution is -0.849. The molecule has 1 aromatic carbocycles. The summed E-state index contributed by atoms with van der Waals surface area (Å²) in [6.07, 6.45) is 0.0793. The van der Waals surface area contributed by atoms with Crippen molar-refractivity contribution in [2.24, 2.45) is 0 Å². The van der Waals surface area contributed by atoms with Crippen molar-refractivity contribution in [3.63, 3.8) is 0 Å². The van der Waals surface area contributed by atoms with E-state index in [1.807, 2.05) is 30.3 Å². The number of benzene rings is 1. The Morgan fingerprint density at radius 2 is 2.05 bits per heavy atom. The Balaban J connectivity index is 2.03. The maximum absolute atomic E-state index is 12.1. The number of likely N-dealkylation sites (tertiary alicyclic amines) is 1. The van der Waals surface area contributed by atoms with Crippen molar-refractivity contribution in [1.29, 1.82) is 0 Å². The van der Waals surface area contributed by atoms with Crippen molar-refractivity contribution < 1.29 is 23.9 Å². The minimum Gasteiger partial charge on any atom is -0.456 e. The number of hydrogen-bond acceptors (Lipinski definition) is 3. The molecule has 2 atom stereocenters. The summed E-state index contributed by atoms with van der Waals surface area (Å²) >= 11 is 5.80. The SMILES string of the molecule is O=C(OCc1ccccc1)[C@@H]1CCC[N+]1(CCl)C(=O)O. The van der Waals surface area contributed by atoms with Crippen LogP contribution in [0.1, 0.15) is 18.4 Å². The molecule has 0 aromatic heterocycles. The van der Waals surface area contributed by atoms with E-state index < -0.39 is 22.6 Å². The highest BCUT2D eigenvalue weighted by molar-refractivity contribution is 6.17. The standard InChI is InChI=1S/C14H16ClNO4/c15-10-16(14(18)19)8-4-7-12(16)13(17)20-9-11-5-2-1-3-6-11/h1-3,5-6,12H,4,7-10H2/p+1/t12-,16?/m0/s1. The molecule has 1 N–H and O–H groups in total. The van der Waals surface area contributed by atoms with E-state index in [1.54, 1.807) is 0 Å². The number of amides is 1. The van der Waals surface area contributed by atoms with Crippen LogP contribution in [0, 0.1) is 0 Å². The fraction of sp³-hybridized carbons (Fsp3) is 0.429. The van der Waals surface area contributed by atoms with Crippen LogP contribution in [0.2, 0.25) is 0 Å². The molecular weight excluding hydrogens is 282 g/mol. The van der Waals surface area contributed by atoms with Gasteiger partial charge in [-0.2, -0.15) is 9.28 Å². The maximum atomic E-state index is 12.1. The molecule has 20 heavy (non-hydrogen) atoms. The van der Waals surface area contributed by atoms with E-state index in [4.69, 9.17) is 16.3 Å². The first kappa shape index (κ1) is 14.8. The van der Waals surface area contributed by atoms with Crippen LogP contribution in [-0.2, 0) is 16.1 Å². The Kier molecular flexibility index (Phi) is 4.62. The summed E-state index contributed by atoms with van der Waals surface area (Å²) in [5.41, 5.74) is 0.873. The van der Waals surface area contributed by atoms with Gasteiger partial charge in [0.05, 0.1) is 6.54 Å². The molecule has 1 unspecified atom stereocenters. The van der Waals surface area contributed by atoms with E-state index in [-0.39, 0.29) is 12.6 Å². The summed E-state index contributed by atoms with van der Waals surface area (Å²) in [5, 5.41) is 9.35. The van der Waals surface area contributed by atoms with Gasteiger partial charge in [-0.25, -0.2) is 4.79 Å². The van der Waals surface area contributed by atoms with Gasteiger partial charge in [0.15, 0.2) is 12.0 Å². The molecule has 1 aliphatic heterocycles. The number of alkyl halides is 1. The summed E-state index contributed by atoms with van der Waals surface area (Å²) in [4.78, 5) is 23.6. The molecule has 5 nitrogen and oxygen atoms in total. The van der Waals surface area contributed by atoms with Crippen molar-refractivity contribution >= 4 is 23.7 Å². The molecule has 0 bridgehead atoms. The number of ether oxygens (including phenoxy) is 1. The zero-order valence-electron chi connectivity index (χ0n) is 11.0. The van der Waals surface area contributed by atoms with Crippen molar-refractivity contribution in [2.75, 3.05) is 12.5 Å². The molecule has 1 heterocycles. The molecule has 1 saturated heterocycles. The Bertz CT molecular complexity index is 493. The summed E-state index contributed by atoms with van der Waals surface area (Å²) in [5.74, 6) is -0.491. The highest BCUT2D eigenvalue weighted by Crippen LogP contribution is 2.29. The fourth-order valence-electron chi connectivity index (χ4n) is 2.54. The van der Waals surface area contributed by atoms with Gasteiger partial charge in [-0.3, -0.25) is 0 Å². The highest BCUT2D eigenvalue weighted by Gasteiger charge is 2.52. The van der Waals surface area contributed by atoms with E-state index in [0.717, 1.165) is 5.56 Å². The molecule has 1 amide bonds. The summed E-state index contributed by atoms with van der Waals surface area (Å²) in [7, 11) is 0. The van der Waals surface area contributed by atoms with Gasteiger partial charge >= 0.3 is 12.1 Å². The van der Waals surface area contributed by atoms with E-state index in [2.05, 4.69) is 0 Å². The van der Waals surface area contributed by atoms with Gasteiger partial charge in [-0.1, -0.05) is 41.9 Å². The van der Waals surface area contributed by atoms with Crippen LogP contribution >= 0.6 is 11.6 Å². The molecule has 0 radical (unpaired) electrons. The molecule has 0 saturated carbocycles. The number of carbonyl (C=O) groups is 2. The van der Waals surface area contributed by atoms with Crippen molar-refractivity contribution in [3.8, 4) is 0 Å². The van der Waals surface area contributed by atoms with Crippen molar-refractivity contribution in [3.05, 3.63) is 35.9 Å². The van der Waals surface area contributed by atoms with Gasteiger partial charge in [-0.15, -0.1) is 0 Å². The molecule has 6 heteroatoms. The maximum Gasteiger partial charge on any atom is 0.515 e. The largest absolute Gasteiger partial charge is 0.515 e. The third-order valence-corrected chi connectivity index (χ3v) is 4.15. The van der Waals surface area contributed by atoms with Gasteiger partial charge in [-0.05, 0) is 5.56 Å². The molecule has 0 aliphatic carbocycles. The average Bonchev–Trinajstić information content (AvgIpc) is 2.91. The third kappa shape index (κ3) is 2.78. The first-order valence-corrected chi connectivity index (χ1v) is 7.00. The van der Waals surface area contributed by atoms with Gasteiger partial charge in [0.2, 0.25) is 0 Å². The van der Waals surface area contributed by atoms with Crippen molar-refractivity contribution in [1.82, 2.24) is 0 Å². The molecule has 2 rings (SSSR count). The van der Waals surface area contributed by atoms with Crippen LogP contribution in [0.5, 0.6) is 0 Å². The second kappa shape index (κ2) is 6.24. The van der Waals surface area contributed by atoms with Gasteiger partial charge in [0.1, 0.15) is 6.61 Å². The van der Waals surface area contributed by atoms with Crippen LogP contribution in [0.4, 0.5) is 4.79 Å². The molecule has 1 aromatic rings. The Morgan fingerprint density at radius 1 is 1.35 bits per heavy atom. The van der Waals surface area contributed by atoms with Crippen LogP contribution in [0.3, 0.4) is 0 Å². The quantitative estimate of drug-likeness (QED) is 0.402. The van der Waals surface area contributed by atoms with Crippen LogP contribution in [0.15, 0.2) is 30.3 Å². The van der Waals surface area contributed by atoms with E-state index in [1.165, 1.54) is 0 Å². The predicted molar refractivity (Wildman–Crippen MR) is 73.1 cm³/mol. The van der Waals surface area contributed by atoms with E-state index in [9.17, 15) is 14.7 Å². The number of hydrogen-bond donors (Lipinski definition) is 1. The third-order valence-electron chi connectivity index (χ3n) is 3.72. The number of esters is 1. The smallest absolute Gasteiger partial charge is 0.456 e. The van der Waals surface area contributed by atoms with Crippen LogP contribution in [0.25, 0.3) is 0 Å². The number of carbonyl (C=O) groups excluding carboxylic acids is 1.